The molecule has 0 saturated carbocycles. The average Bonchev–Trinajstić information content (AvgIpc) is 3.02. The van der Waals surface area contributed by atoms with Gasteiger partial charge in [-0.3, -0.25) is 4.90 Å². The van der Waals surface area contributed by atoms with Crippen molar-refractivity contribution in [3.8, 4) is 5.75 Å². The van der Waals surface area contributed by atoms with Crippen molar-refractivity contribution in [3.63, 3.8) is 0 Å². The monoisotopic (exact) mass is 330 g/mol. The predicted molar refractivity (Wildman–Crippen MR) is 91.9 cm³/mol. The molecular formula is C18H26N4O2. The van der Waals surface area contributed by atoms with Crippen LogP contribution >= 0.6 is 0 Å². The molecule has 6 heteroatoms. The van der Waals surface area contributed by atoms with E-state index < -0.39 is 0 Å². The summed E-state index contributed by atoms with van der Waals surface area (Å²) in [5, 5.41) is 4.67. The maximum atomic E-state index is 5.80. The highest BCUT2D eigenvalue weighted by Gasteiger charge is 2.27. The summed E-state index contributed by atoms with van der Waals surface area (Å²) in [5.41, 5.74) is 0. The van der Waals surface area contributed by atoms with Gasteiger partial charge in [0, 0.05) is 13.1 Å². The number of nitrogens with zero attached hydrogens (tertiary/aromatic N) is 4. The Morgan fingerprint density at radius 1 is 1.29 bits per heavy atom. The number of rotatable bonds is 7. The van der Waals surface area contributed by atoms with E-state index in [4.69, 9.17) is 14.5 Å². The van der Waals surface area contributed by atoms with E-state index in [0.29, 0.717) is 13.2 Å². The summed E-state index contributed by atoms with van der Waals surface area (Å²) in [5.74, 6) is 2.54. The molecule has 1 aliphatic heterocycles. The summed E-state index contributed by atoms with van der Waals surface area (Å²) in [6.45, 7) is 5.81. The maximum absolute atomic E-state index is 5.80. The highest BCUT2D eigenvalue weighted by Crippen LogP contribution is 2.22. The molecular weight excluding hydrogens is 304 g/mol. The van der Waals surface area contributed by atoms with E-state index in [9.17, 15) is 0 Å². The summed E-state index contributed by atoms with van der Waals surface area (Å²) in [6.07, 6.45) is 2.22. The molecule has 1 fully saturated rings. The molecule has 6 nitrogen and oxygen atoms in total. The first kappa shape index (κ1) is 16.9. The Labute approximate surface area is 143 Å². The smallest absolute Gasteiger partial charge is 0.188 e. The number of aryl methyl sites for hydroxylation is 1. The zero-order valence-electron chi connectivity index (χ0n) is 14.5. The van der Waals surface area contributed by atoms with Crippen molar-refractivity contribution in [1.29, 1.82) is 0 Å². The fourth-order valence-electron chi connectivity index (χ4n) is 2.81. The Kier molecular flexibility index (Phi) is 5.82. The fourth-order valence-corrected chi connectivity index (χ4v) is 2.81. The molecule has 0 N–H and O–H groups in total. The number of unbranched alkanes of at least 4 members (excludes halogenated alkanes) is 1. The minimum absolute atomic E-state index is 0.161. The molecule has 0 aliphatic carbocycles. The van der Waals surface area contributed by atoms with Crippen LogP contribution in [-0.4, -0.2) is 46.5 Å². The van der Waals surface area contributed by atoms with E-state index in [2.05, 4.69) is 24.0 Å². The average molecular weight is 330 g/mol. The van der Waals surface area contributed by atoms with Crippen molar-refractivity contribution in [3.05, 3.63) is 42.0 Å². The van der Waals surface area contributed by atoms with E-state index in [1.165, 1.54) is 0 Å². The lowest BCUT2D eigenvalue weighted by Crippen LogP contribution is -2.38. The molecule has 2 aromatic rings. The van der Waals surface area contributed by atoms with Crippen LogP contribution in [0.4, 0.5) is 0 Å². The highest BCUT2D eigenvalue weighted by molar-refractivity contribution is 5.21. The van der Waals surface area contributed by atoms with E-state index in [1.54, 1.807) is 0 Å². The largest absolute Gasteiger partial charge is 0.486 e. The molecule has 1 aromatic carbocycles. The molecule has 0 amide bonds. The second-order valence-corrected chi connectivity index (χ2v) is 6.14. The summed E-state index contributed by atoms with van der Waals surface area (Å²) in [6, 6.07) is 9.94. The van der Waals surface area contributed by atoms with Gasteiger partial charge in [0.25, 0.3) is 0 Å². The van der Waals surface area contributed by atoms with Crippen LogP contribution in [0.3, 0.4) is 0 Å². The molecule has 1 aliphatic rings. The van der Waals surface area contributed by atoms with Crippen LogP contribution in [0.15, 0.2) is 30.3 Å². The Bertz CT molecular complexity index is 629. The van der Waals surface area contributed by atoms with Gasteiger partial charge in [0.1, 0.15) is 18.2 Å². The Hall–Kier alpha value is -1.92. The van der Waals surface area contributed by atoms with Crippen LogP contribution in [0.25, 0.3) is 0 Å². The lowest BCUT2D eigenvalue weighted by atomic mass is 10.2. The minimum atomic E-state index is 0.161. The van der Waals surface area contributed by atoms with Crippen molar-refractivity contribution >= 4 is 0 Å². The van der Waals surface area contributed by atoms with E-state index in [1.807, 2.05) is 35.0 Å². The van der Waals surface area contributed by atoms with Gasteiger partial charge in [-0.1, -0.05) is 31.5 Å². The van der Waals surface area contributed by atoms with Crippen molar-refractivity contribution in [2.45, 2.75) is 39.0 Å². The van der Waals surface area contributed by atoms with E-state index in [0.717, 1.165) is 49.9 Å². The van der Waals surface area contributed by atoms with Crippen molar-refractivity contribution in [2.24, 2.45) is 0 Å². The number of benzene rings is 1. The van der Waals surface area contributed by atoms with Crippen molar-refractivity contribution < 1.29 is 9.47 Å². The number of para-hydroxylation sites is 1. The topological polar surface area (TPSA) is 52.4 Å². The van der Waals surface area contributed by atoms with Crippen LogP contribution in [-0.2, 0) is 17.9 Å². The van der Waals surface area contributed by atoms with Crippen molar-refractivity contribution in [1.82, 2.24) is 19.7 Å². The summed E-state index contributed by atoms with van der Waals surface area (Å²) in [4.78, 5) is 7.05. The predicted octanol–water partition coefficient (Wildman–Crippen LogP) is 2.66. The zero-order valence-corrected chi connectivity index (χ0v) is 14.5. The lowest BCUT2D eigenvalue weighted by Gasteiger charge is -2.31. The molecule has 24 heavy (non-hydrogen) atoms. The molecule has 3 rings (SSSR count). The number of ether oxygens (including phenoxy) is 2. The molecule has 1 aromatic heterocycles. The lowest BCUT2D eigenvalue weighted by molar-refractivity contribution is 0.000123. The van der Waals surface area contributed by atoms with Crippen LogP contribution in [0.5, 0.6) is 5.75 Å². The molecule has 0 radical (unpaired) electrons. The first-order valence-corrected chi connectivity index (χ1v) is 8.67. The van der Waals surface area contributed by atoms with Crippen molar-refractivity contribution in [2.75, 3.05) is 26.8 Å². The van der Waals surface area contributed by atoms with Crippen LogP contribution < -0.4 is 4.74 Å². The van der Waals surface area contributed by atoms with Crippen LogP contribution in [0.2, 0.25) is 0 Å². The zero-order chi connectivity index (χ0) is 16.8. The number of hydrogen-bond donors (Lipinski definition) is 0. The SMILES string of the molecule is CCCCn1nc(COc2ccccc2)nc1[C@H]1COCCN1C. The summed E-state index contributed by atoms with van der Waals surface area (Å²) >= 11 is 0. The first-order valence-electron chi connectivity index (χ1n) is 8.67. The molecule has 1 saturated heterocycles. The fraction of sp³-hybridized carbons (Fsp3) is 0.556. The Morgan fingerprint density at radius 2 is 2.12 bits per heavy atom. The molecule has 1 atom stereocenters. The number of hydrogen-bond acceptors (Lipinski definition) is 5. The van der Waals surface area contributed by atoms with Crippen LogP contribution in [0.1, 0.15) is 37.5 Å². The normalized spacial score (nSPS) is 18.7. The molecule has 0 bridgehead atoms. The minimum Gasteiger partial charge on any atom is -0.486 e. The number of morpholine rings is 1. The summed E-state index contributed by atoms with van der Waals surface area (Å²) < 4.78 is 13.5. The standard InChI is InChI=1S/C18H26N4O2/c1-3-4-10-22-18(16-13-23-12-11-21(16)2)19-17(20-22)14-24-15-8-6-5-7-9-15/h5-9,16H,3-4,10-14H2,1-2H3/t16-/m1/s1. The van der Waals surface area contributed by atoms with Gasteiger partial charge in [0.15, 0.2) is 5.82 Å². The van der Waals surface area contributed by atoms with Gasteiger partial charge in [-0.2, -0.15) is 5.10 Å². The molecule has 0 spiro atoms. The van der Waals surface area contributed by atoms with Gasteiger partial charge in [0.2, 0.25) is 0 Å². The summed E-state index contributed by atoms with van der Waals surface area (Å²) in [7, 11) is 2.12. The maximum Gasteiger partial charge on any atom is 0.188 e. The highest BCUT2D eigenvalue weighted by atomic mass is 16.5. The van der Waals surface area contributed by atoms with Gasteiger partial charge in [-0.15, -0.1) is 0 Å². The first-order chi connectivity index (χ1) is 11.8. The van der Waals surface area contributed by atoms with Gasteiger partial charge in [-0.05, 0) is 25.6 Å². The van der Waals surface area contributed by atoms with Gasteiger partial charge in [-0.25, -0.2) is 9.67 Å². The number of aromatic nitrogens is 3. The van der Waals surface area contributed by atoms with Gasteiger partial charge < -0.3 is 9.47 Å². The third kappa shape index (κ3) is 4.13. The third-order valence-electron chi connectivity index (χ3n) is 4.27. The van der Waals surface area contributed by atoms with Gasteiger partial charge in [0.05, 0.1) is 19.3 Å². The second kappa shape index (κ2) is 8.26. The third-order valence-corrected chi connectivity index (χ3v) is 4.27. The molecule has 0 unspecified atom stereocenters. The Balaban J connectivity index is 1.75. The Morgan fingerprint density at radius 3 is 2.88 bits per heavy atom. The molecule has 130 valence electrons. The van der Waals surface area contributed by atoms with E-state index >= 15 is 0 Å². The van der Waals surface area contributed by atoms with Gasteiger partial charge >= 0.3 is 0 Å². The number of likely N-dealkylation sites (N-methyl/N-ethyl adjacent to an activating group) is 1. The second-order valence-electron chi connectivity index (χ2n) is 6.14. The van der Waals surface area contributed by atoms with E-state index in [-0.39, 0.29) is 6.04 Å². The van der Waals surface area contributed by atoms with Crippen LogP contribution in [0, 0.1) is 0 Å². The quantitative estimate of drug-likeness (QED) is 0.781. The molecule has 2 heterocycles.